The Hall–Kier alpha value is -1.33. The lowest BCUT2D eigenvalue weighted by atomic mass is 10.3. The van der Waals surface area contributed by atoms with Crippen molar-refractivity contribution in [2.24, 2.45) is 0 Å². The van der Waals surface area contributed by atoms with Gasteiger partial charge in [-0.25, -0.2) is 0 Å². The van der Waals surface area contributed by atoms with Crippen molar-refractivity contribution < 1.29 is 17.7 Å². The normalized spacial score (nSPS) is 20.6. The molecule has 10 heteroatoms. The quantitative estimate of drug-likeness (QED) is 0.821. The van der Waals surface area contributed by atoms with Crippen molar-refractivity contribution in [3.05, 3.63) is 23.4 Å². The average Bonchev–Trinajstić information content (AvgIpc) is 3.18. The van der Waals surface area contributed by atoms with Gasteiger partial charge in [0.25, 0.3) is 10.2 Å². The third-order valence-electron chi connectivity index (χ3n) is 3.31. The topological polar surface area (TPSA) is 88.8 Å². The number of rotatable bonds is 4. The van der Waals surface area contributed by atoms with E-state index in [1.165, 1.54) is 34.0 Å². The molecule has 1 fully saturated rings. The number of hydrogen-bond acceptors (Lipinski definition) is 7. The van der Waals surface area contributed by atoms with Gasteiger partial charge in [0.1, 0.15) is 6.04 Å². The summed E-state index contributed by atoms with van der Waals surface area (Å²) in [7, 11) is -0.595. The van der Waals surface area contributed by atoms with E-state index in [1.54, 1.807) is 0 Å². The predicted octanol–water partition coefficient (Wildman–Crippen LogP) is 0.978. The zero-order valence-corrected chi connectivity index (χ0v) is 13.8. The Morgan fingerprint density at radius 3 is 2.95 bits per heavy atom. The lowest BCUT2D eigenvalue weighted by molar-refractivity contribution is 0.0182. The van der Waals surface area contributed by atoms with Crippen LogP contribution in [0, 0.1) is 0 Å². The van der Waals surface area contributed by atoms with Gasteiger partial charge in [-0.05, 0) is 11.4 Å². The molecule has 8 nitrogen and oxygen atoms in total. The Labute approximate surface area is 132 Å². The Balaban J connectivity index is 1.92. The molecule has 0 saturated carbocycles. The molecule has 0 amide bonds. The van der Waals surface area contributed by atoms with Gasteiger partial charge in [0.2, 0.25) is 11.7 Å². The van der Waals surface area contributed by atoms with E-state index in [1.807, 2.05) is 17.5 Å². The van der Waals surface area contributed by atoms with E-state index >= 15 is 0 Å². The van der Waals surface area contributed by atoms with Crippen molar-refractivity contribution >= 4 is 21.5 Å². The molecule has 0 aliphatic carbocycles. The van der Waals surface area contributed by atoms with Gasteiger partial charge in [0.05, 0.1) is 18.1 Å². The lowest BCUT2D eigenvalue weighted by Gasteiger charge is -2.33. The van der Waals surface area contributed by atoms with Crippen molar-refractivity contribution in [3.8, 4) is 10.7 Å². The Morgan fingerprint density at radius 2 is 2.27 bits per heavy atom. The molecule has 2 aromatic rings. The second-order valence-corrected chi connectivity index (χ2v) is 7.97. The summed E-state index contributed by atoms with van der Waals surface area (Å²) in [6, 6.07) is 3.16. The third kappa shape index (κ3) is 2.79. The summed E-state index contributed by atoms with van der Waals surface area (Å²) in [5.41, 5.74) is 0. The van der Waals surface area contributed by atoms with Crippen LogP contribution in [0.3, 0.4) is 0 Å². The van der Waals surface area contributed by atoms with E-state index in [9.17, 15) is 8.42 Å². The summed E-state index contributed by atoms with van der Waals surface area (Å²) in [5, 5.41) is 5.84. The molecule has 2 aromatic heterocycles. The van der Waals surface area contributed by atoms with Crippen LogP contribution < -0.4 is 0 Å². The molecular weight excluding hydrogens is 328 g/mol. The van der Waals surface area contributed by atoms with Crippen molar-refractivity contribution in [2.75, 3.05) is 33.9 Å². The molecule has 0 aromatic carbocycles. The molecule has 0 spiro atoms. The van der Waals surface area contributed by atoms with Crippen molar-refractivity contribution in [1.29, 1.82) is 0 Å². The van der Waals surface area contributed by atoms with Crippen LogP contribution in [-0.4, -0.2) is 61.0 Å². The zero-order valence-electron chi connectivity index (χ0n) is 12.2. The first-order valence-electron chi connectivity index (χ1n) is 6.64. The van der Waals surface area contributed by atoms with E-state index in [4.69, 9.17) is 9.26 Å². The van der Waals surface area contributed by atoms with Gasteiger partial charge in [-0.1, -0.05) is 11.2 Å². The van der Waals surface area contributed by atoms with Crippen molar-refractivity contribution in [2.45, 2.75) is 6.04 Å². The molecule has 0 bridgehead atoms. The summed E-state index contributed by atoms with van der Waals surface area (Å²) in [6.07, 6.45) is 0. The average molecular weight is 344 g/mol. The maximum atomic E-state index is 12.4. The molecule has 1 aliphatic rings. The number of thiophene rings is 1. The van der Waals surface area contributed by atoms with Crippen LogP contribution in [0.1, 0.15) is 11.9 Å². The van der Waals surface area contributed by atoms with Gasteiger partial charge < -0.3 is 9.26 Å². The molecule has 3 heterocycles. The highest BCUT2D eigenvalue weighted by molar-refractivity contribution is 7.86. The molecule has 0 radical (unpaired) electrons. The zero-order chi connectivity index (χ0) is 15.7. The van der Waals surface area contributed by atoms with Gasteiger partial charge in [-0.3, -0.25) is 0 Å². The number of aromatic nitrogens is 2. The summed E-state index contributed by atoms with van der Waals surface area (Å²) in [4.78, 5) is 5.20. The molecule has 0 unspecified atom stereocenters. The van der Waals surface area contributed by atoms with Crippen molar-refractivity contribution in [1.82, 2.24) is 18.8 Å². The monoisotopic (exact) mass is 344 g/mol. The van der Waals surface area contributed by atoms with Crippen LogP contribution in [0.5, 0.6) is 0 Å². The Morgan fingerprint density at radius 1 is 1.45 bits per heavy atom. The van der Waals surface area contributed by atoms with Crippen LogP contribution in [0.25, 0.3) is 10.7 Å². The van der Waals surface area contributed by atoms with E-state index in [2.05, 4.69) is 10.1 Å². The SMILES string of the molecule is CN(C)S(=O)(=O)N1CCOC[C@@H]1c1nc(-c2cccs2)no1. The van der Waals surface area contributed by atoms with E-state index < -0.39 is 16.3 Å². The first kappa shape index (κ1) is 15.6. The summed E-state index contributed by atoms with van der Waals surface area (Å²) in [5.74, 6) is 0.700. The van der Waals surface area contributed by atoms with Crippen LogP contribution >= 0.6 is 11.3 Å². The smallest absolute Gasteiger partial charge is 0.282 e. The minimum Gasteiger partial charge on any atom is -0.378 e. The molecular formula is C12H16N4O4S2. The van der Waals surface area contributed by atoms with Gasteiger partial charge in [-0.15, -0.1) is 11.3 Å². The minimum atomic E-state index is -3.58. The van der Waals surface area contributed by atoms with Crippen LogP contribution in [-0.2, 0) is 14.9 Å². The number of ether oxygens (including phenoxy) is 1. The van der Waals surface area contributed by atoms with Crippen LogP contribution in [0.4, 0.5) is 0 Å². The summed E-state index contributed by atoms with van der Waals surface area (Å²) >= 11 is 1.49. The van der Waals surface area contributed by atoms with Gasteiger partial charge in [-0.2, -0.15) is 22.0 Å². The first-order valence-corrected chi connectivity index (χ1v) is 8.92. The molecule has 0 N–H and O–H groups in total. The number of morpholine rings is 1. The number of hydrogen-bond donors (Lipinski definition) is 0. The maximum Gasteiger partial charge on any atom is 0.282 e. The standard InChI is InChI=1S/C12H16N4O4S2/c1-15(2)22(17,18)16-5-6-19-8-9(16)12-13-11(14-20-12)10-4-3-7-21-10/h3-4,7,9H,5-6,8H2,1-2H3/t9-/m1/s1. The fraction of sp³-hybridized carbons (Fsp3) is 0.500. The molecule has 120 valence electrons. The Bertz CT molecular complexity index is 726. The van der Waals surface area contributed by atoms with Gasteiger partial charge in [0.15, 0.2) is 0 Å². The predicted molar refractivity (Wildman–Crippen MR) is 80.5 cm³/mol. The third-order valence-corrected chi connectivity index (χ3v) is 6.12. The van der Waals surface area contributed by atoms with Gasteiger partial charge in [0, 0.05) is 20.6 Å². The van der Waals surface area contributed by atoms with Crippen LogP contribution in [0.2, 0.25) is 0 Å². The van der Waals surface area contributed by atoms with E-state index in [-0.39, 0.29) is 19.0 Å². The highest BCUT2D eigenvalue weighted by Crippen LogP contribution is 2.29. The second-order valence-electron chi connectivity index (χ2n) is 4.93. The molecule has 1 saturated heterocycles. The highest BCUT2D eigenvalue weighted by atomic mass is 32.2. The fourth-order valence-corrected chi connectivity index (χ4v) is 3.99. The summed E-state index contributed by atoms with van der Waals surface area (Å²) in [6.45, 7) is 0.788. The van der Waals surface area contributed by atoms with Crippen molar-refractivity contribution in [3.63, 3.8) is 0 Å². The molecule has 22 heavy (non-hydrogen) atoms. The van der Waals surface area contributed by atoms with E-state index in [0.717, 1.165) is 4.88 Å². The summed E-state index contributed by atoms with van der Waals surface area (Å²) < 4.78 is 38.0. The van der Waals surface area contributed by atoms with E-state index in [0.29, 0.717) is 12.4 Å². The highest BCUT2D eigenvalue weighted by Gasteiger charge is 2.38. The minimum absolute atomic E-state index is 0.194. The lowest BCUT2D eigenvalue weighted by Crippen LogP contribution is -2.48. The fourth-order valence-electron chi connectivity index (χ4n) is 2.15. The second kappa shape index (κ2) is 6.05. The first-order chi connectivity index (χ1) is 10.5. The molecule has 1 aliphatic heterocycles. The van der Waals surface area contributed by atoms with Crippen LogP contribution in [0.15, 0.2) is 22.0 Å². The largest absolute Gasteiger partial charge is 0.378 e. The number of nitrogens with zero attached hydrogens (tertiary/aromatic N) is 4. The van der Waals surface area contributed by atoms with Gasteiger partial charge >= 0.3 is 0 Å². The molecule has 3 rings (SSSR count). The maximum absolute atomic E-state index is 12.4. The Kier molecular flexibility index (Phi) is 4.28. The molecule has 1 atom stereocenters.